The molecule has 0 atom stereocenters. The number of benzene rings is 1. The highest BCUT2D eigenvalue weighted by atomic mass is 16.6. The van der Waals surface area contributed by atoms with Crippen LogP contribution in [0.4, 0.5) is 0 Å². The second-order valence-corrected chi connectivity index (χ2v) is 3.29. The highest BCUT2D eigenvalue weighted by Crippen LogP contribution is 2.13. The lowest BCUT2D eigenvalue weighted by Crippen LogP contribution is -2.10. The topological polar surface area (TPSA) is 21.3 Å². The van der Waals surface area contributed by atoms with Crippen molar-refractivity contribution >= 4 is 0 Å². The van der Waals surface area contributed by atoms with E-state index in [-0.39, 0.29) is 0 Å². The van der Waals surface area contributed by atoms with Gasteiger partial charge in [0, 0.05) is 6.20 Å². The molecule has 1 aromatic rings. The molecular weight excluding hydrogens is 174 g/mol. The molecule has 0 aliphatic heterocycles. The summed E-state index contributed by atoms with van der Waals surface area (Å²) in [6, 6.07) is 6.34. The van der Waals surface area contributed by atoms with Gasteiger partial charge in [0.2, 0.25) is 0 Å². The van der Waals surface area contributed by atoms with E-state index in [1.807, 2.05) is 0 Å². The van der Waals surface area contributed by atoms with Crippen molar-refractivity contribution in [3.63, 3.8) is 0 Å². The molecule has 2 nitrogen and oxygen atoms in total. The molecule has 0 aromatic heterocycles. The molecule has 0 saturated carbocycles. The van der Waals surface area contributed by atoms with E-state index in [0.29, 0.717) is 6.61 Å². The number of hydroxylamine groups is 1. The molecule has 0 spiro atoms. The van der Waals surface area contributed by atoms with Gasteiger partial charge >= 0.3 is 0 Å². The van der Waals surface area contributed by atoms with Crippen LogP contribution in [0.2, 0.25) is 0 Å². The zero-order valence-corrected chi connectivity index (χ0v) is 8.84. The predicted octanol–water partition coefficient (Wildman–Crippen LogP) is 2.51. The SMILES string of the molecule is C=CNOCCc1c(C)cccc1C. The van der Waals surface area contributed by atoms with Crippen LogP contribution < -0.4 is 5.48 Å². The highest BCUT2D eigenvalue weighted by molar-refractivity contribution is 5.33. The zero-order valence-electron chi connectivity index (χ0n) is 8.84. The van der Waals surface area contributed by atoms with Crippen LogP contribution in [0.15, 0.2) is 31.0 Å². The van der Waals surface area contributed by atoms with Crippen LogP contribution in [0.3, 0.4) is 0 Å². The van der Waals surface area contributed by atoms with Gasteiger partial charge in [-0.25, -0.2) is 0 Å². The molecule has 0 radical (unpaired) electrons. The monoisotopic (exact) mass is 191 g/mol. The molecule has 2 heteroatoms. The summed E-state index contributed by atoms with van der Waals surface area (Å²) in [5.41, 5.74) is 6.65. The lowest BCUT2D eigenvalue weighted by molar-refractivity contribution is 0.0739. The summed E-state index contributed by atoms with van der Waals surface area (Å²) in [4.78, 5) is 5.13. The first-order valence-electron chi connectivity index (χ1n) is 4.79. The van der Waals surface area contributed by atoms with E-state index in [2.05, 4.69) is 44.1 Å². The molecule has 76 valence electrons. The average molecular weight is 191 g/mol. The molecule has 1 aromatic carbocycles. The largest absolute Gasteiger partial charge is 0.276 e. The molecule has 0 aliphatic carbocycles. The van der Waals surface area contributed by atoms with Gasteiger partial charge in [0.25, 0.3) is 0 Å². The molecule has 0 aliphatic rings. The third kappa shape index (κ3) is 2.89. The number of aryl methyl sites for hydroxylation is 2. The second-order valence-electron chi connectivity index (χ2n) is 3.29. The van der Waals surface area contributed by atoms with Gasteiger partial charge < -0.3 is 0 Å². The third-order valence-corrected chi connectivity index (χ3v) is 2.27. The maximum absolute atomic E-state index is 5.13. The Morgan fingerprint density at radius 2 is 2.00 bits per heavy atom. The predicted molar refractivity (Wildman–Crippen MR) is 58.9 cm³/mol. The molecule has 0 amide bonds. The number of nitrogens with one attached hydrogen (secondary N) is 1. The molecule has 14 heavy (non-hydrogen) atoms. The van der Waals surface area contributed by atoms with E-state index in [9.17, 15) is 0 Å². The summed E-state index contributed by atoms with van der Waals surface area (Å²) in [7, 11) is 0. The first-order valence-corrected chi connectivity index (χ1v) is 4.79. The normalized spacial score (nSPS) is 9.86. The Bertz CT molecular complexity index is 287. The number of hydrogen-bond donors (Lipinski definition) is 1. The zero-order chi connectivity index (χ0) is 10.4. The van der Waals surface area contributed by atoms with Crippen molar-refractivity contribution in [1.82, 2.24) is 5.48 Å². The van der Waals surface area contributed by atoms with Crippen LogP contribution in [0.25, 0.3) is 0 Å². The van der Waals surface area contributed by atoms with Crippen LogP contribution in [-0.2, 0) is 11.3 Å². The van der Waals surface area contributed by atoms with Gasteiger partial charge in [-0.1, -0.05) is 24.8 Å². The van der Waals surface area contributed by atoms with Crippen LogP contribution in [0.1, 0.15) is 16.7 Å². The average Bonchev–Trinajstić information content (AvgIpc) is 2.16. The molecule has 1 rings (SSSR count). The van der Waals surface area contributed by atoms with Crippen molar-refractivity contribution in [2.24, 2.45) is 0 Å². The van der Waals surface area contributed by atoms with Gasteiger partial charge in [-0.05, 0) is 37.0 Å². The van der Waals surface area contributed by atoms with Crippen molar-refractivity contribution in [1.29, 1.82) is 0 Å². The smallest absolute Gasteiger partial charge is 0.0786 e. The molecule has 1 N–H and O–H groups in total. The quantitative estimate of drug-likeness (QED) is 0.570. The Morgan fingerprint density at radius 3 is 2.57 bits per heavy atom. The van der Waals surface area contributed by atoms with Crippen LogP contribution in [-0.4, -0.2) is 6.61 Å². The summed E-state index contributed by atoms with van der Waals surface area (Å²) in [5, 5.41) is 0. The molecular formula is C12H17NO. The van der Waals surface area contributed by atoms with E-state index in [4.69, 9.17) is 4.84 Å². The van der Waals surface area contributed by atoms with Crippen LogP contribution in [0.5, 0.6) is 0 Å². The van der Waals surface area contributed by atoms with E-state index in [1.54, 1.807) is 0 Å². The highest BCUT2D eigenvalue weighted by Gasteiger charge is 2.00. The fraction of sp³-hybridized carbons (Fsp3) is 0.333. The van der Waals surface area contributed by atoms with Gasteiger partial charge in [-0.3, -0.25) is 10.3 Å². The molecule has 0 fully saturated rings. The minimum atomic E-state index is 0.664. The van der Waals surface area contributed by atoms with Crippen molar-refractivity contribution in [2.75, 3.05) is 6.61 Å². The summed E-state index contributed by atoms with van der Waals surface area (Å²) in [6.45, 7) is 8.43. The van der Waals surface area contributed by atoms with E-state index in [0.717, 1.165) is 6.42 Å². The molecule has 0 unspecified atom stereocenters. The maximum atomic E-state index is 5.13. The fourth-order valence-electron chi connectivity index (χ4n) is 1.51. The Labute approximate surface area is 85.5 Å². The fourth-order valence-corrected chi connectivity index (χ4v) is 1.51. The van der Waals surface area contributed by atoms with E-state index < -0.39 is 0 Å². The Balaban J connectivity index is 2.53. The lowest BCUT2D eigenvalue weighted by atomic mass is 10.0. The number of hydrogen-bond acceptors (Lipinski definition) is 2. The van der Waals surface area contributed by atoms with Crippen molar-refractivity contribution in [3.05, 3.63) is 47.7 Å². The van der Waals surface area contributed by atoms with Gasteiger partial charge in [-0.15, -0.1) is 0 Å². The minimum Gasteiger partial charge on any atom is -0.276 e. The van der Waals surface area contributed by atoms with Gasteiger partial charge in [0.05, 0.1) is 6.61 Å². The summed E-state index contributed by atoms with van der Waals surface area (Å²) in [5.74, 6) is 0. The van der Waals surface area contributed by atoms with Gasteiger partial charge in [-0.2, -0.15) is 0 Å². The van der Waals surface area contributed by atoms with Crippen molar-refractivity contribution in [3.8, 4) is 0 Å². The Morgan fingerprint density at radius 1 is 1.36 bits per heavy atom. The van der Waals surface area contributed by atoms with E-state index in [1.165, 1.54) is 22.9 Å². The van der Waals surface area contributed by atoms with Gasteiger partial charge in [0.15, 0.2) is 0 Å². The Hall–Kier alpha value is -1.28. The third-order valence-electron chi connectivity index (χ3n) is 2.27. The van der Waals surface area contributed by atoms with Crippen LogP contribution >= 0.6 is 0 Å². The lowest BCUT2D eigenvalue weighted by Gasteiger charge is -2.09. The Kier molecular flexibility index (Phi) is 4.20. The van der Waals surface area contributed by atoms with E-state index >= 15 is 0 Å². The standard InChI is InChI=1S/C12H17NO/c1-4-13-14-9-8-12-10(2)6-5-7-11(12)3/h4-7,13H,1,8-9H2,2-3H3. The first kappa shape index (κ1) is 10.8. The molecule has 0 heterocycles. The van der Waals surface area contributed by atoms with Crippen molar-refractivity contribution < 1.29 is 4.84 Å². The minimum absolute atomic E-state index is 0.664. The summed E-state index contributed by atoms with van der Waals surface area (Å²) >= 11 is 0. The van der Waals surface area contributed by atoms with Gasteiger partial charge in [0.1, 0.15) is 0 Å². The number of rotatable bonds is 5. The summed E-state index contributed by atoms with van der Waals surface area (Å²) < 4.78 is 0. The first-order chi connectivity index (χ1) is 6.75. The maximum Gasteiger partial charge on any atom is 0.0786 e. The molecule has 0 bridgehead atoms. The van der Waals surface area contributed by atoms with Crippen LogP contribution in [0, 0.1) is 13.8 Å². The molecule has 0 saturated heterocycles. The van der Waals surface area contributed by atoms with Crippen molar-refractivity contribution in [2.45, 2.75) is 20.3 Å². The second kappa shape index (κ2) is 5.45. The summed E-state index contributed by atoms with van der Waals surface area (Å²) in [6.07, 6.45) is 2.46.